The molecule has 6 heteroatoms. The summed E-state index contributed by atoms with van der Waals surface area (Å²) >= 11 is 1.23. The number of thiophene rings is 1. The molecule has 2 aromatic rings. The van der Waals surface area contributed by atoms with Crippen molar-refractivity contribution < 1.29 is 13.5 Å². The highest BCUT2D eigenvalue weighted by molar-refractivity contribution is 7.93. The summed E-state index contributed by atoms with van der Waals surface area (Å²) in [6.45, 7) is 3.74. The van der Waals surface area contributed by atoms with Gasteiger partial charge in [-0.05, 0) is 29.0 Å². The molecule has 108 valence electrons. The van der Waals surface area contributed by atoms with E-state index in [0.717, 1.165) is 5.56 Å². The van der Waals surface area contributed by atoms with E-state index in [1.165, 1.54) is 17.4 Å². The molecule has 1 aromatic carbocycles. The van der Waals surface area contributed by atoms with Gasteiger partial charge in [-0.25, -0.2) is 8.42 Å². The lowest BCUT2D eigenvalue weighted by Gasteiger charge is -2.14. The Morgan fingerprint density at radius 3 is 2.60 bits per heavy atom. The van der Waals surface area contributed by atoms with E-state index in [1.807, 2.05) is 26.0 Å². The molecule has 0 unspecified atom stereocenters. The number of hydrogen-bond acceptors (Lipinski definition) is 4. The van der Waals surface area contributed by atoms with E-state index in [2.05, 4.69) is 4.72 Å². The van der Waals surface area contributed by atoms with Gasteiger partial charge in [-0.3, -0.25) is 4.72 Å². The topological polar surface area (TPSA) is 66.4 Å². The van der Waals surface area contributed by atoms with Crippen LogP contribution in [0.5, 0.6) is 0 Å². The van der Waals surface area contributed by atoms with Gasteiger partial charge in [-0.1, -0.05) is 32.0 Å². The Labute approximate surface area is 123 Å². The fraction of sp³-hybridized carbons (Fsp3) is 0.286. The highest BCUT2D eigenvalue weighted by Gasteiger charge is 2.20. The van der Waals surface area contributed by atoms with E-state index in [1.54, 1.807) is 17.5 Å². The Bertz CT molecular complexity index is 690. The lowest BCUT2D eigenvalue weighted by atomic mass is 10.0. The first-order valence-electron chi connectivity index (χ1n) is 6.24. The molecule has 20 heavy (non-hydrogen) atoms. The van der Waals surface area contributed by atoms with Crippen molar-refractivity contribution in [1.29, 1.82) is 0 Å². The summed E-state index contributed by atoms with van der Waals surface area (Å²) in [6.07, 6.45) is 0. The molecule has 0 fully saturated rings. The Morgan fingerprint density at radius 1 is 1.25 bits per heavy atom. The summed E-state index contributed by atoms with van der Waals surface area (Å²) in [7, 11) is -3.67. The van der Waals surface area contributed by atoms with Crippen LogP contribution in [0.25, 0.3) is 0 Å². The van der Waals surface area contributed by atoms with Crippen LogP contribution in [0, 0.1) is 0 Å². The number of para-hydroxylation sites is 1. The monoisotopic (exact) mass is 311 g/mol. The van der Waals surface area contributed by atoms with Gasteiger partial charge in [0.2, 0.25) is 0 Å². The van der Waals surface area contributed by atoms with Crippen LogP contribution in [0.15, 0.2) is 40.6 Å². The Morgan fingerprint density at radius 2 is 1.95 bits per heavy atom. The average molecular weight is 311 g/mol. The minimum atomic E-state index is -3.67. The Hall–Kier alpha value is -1.37. The maximum atomic E-state index is 12.4. The van der Waals surface area contributed by atoms with Crippen molar-refractivity contribution in [1.82, 2.24) is 0 Å². The molecule has 4 nitrogen and oxygen atoms in total. The number of aliphatic hydroxyl groups excluding tert-OH is 1. The van der Waals surface area contributed by atoms with Gasteiger partial charge in [-0.2, -0.15) is 0 Å². The predicted molar refractivity (Wildman–Crippen MR) is 81.6 cm³/mol. The number of nitrogens with one attached hydrogen (secondary N) is 1. The molecule has 0 amide bonds. The fourth-order valence-corrected chi connectivity index (χ4v) is 4.36. The highest BCUT2D eigenvalue weighted by Crippen LogP contribution is 2.28. The highest BCUT2D eigenvalue weighted by atomic mass is 32.2. The van der Waals surface area contributed by atoms with Crippen LogP contribution in [0.4, 0.5) is 5.69 Å². The third kappa shape index (κ3) is 3.03. The first-order chi connectivity index (χ1) is 9.45. The molecular weight excluding hydrogens is 294 g/mol. The van der Waals surface area contributed by atoms with E-state index in [4.69, 9.17) is 0 Å². The summed E-state index contributed by atoms with van der Waals surface area (Å²) < 4.78 is 27.4. The fourth-order valence-electron chi connectivity index (χ4n) is 1.98. The quantitative estimate of drug-likeness (QED) is 0.891. The summed E-state index contributed by atoms with van der Waals surface area (Å²) in [4.78, 5) is 0.586. The van der Waals surface area contributed by atoms with Crippen LogP contribution in [0.1, 0.15) is 30.2 Å². The molecule has 0 saturated heterocycles. The van der Waals surface area contributed by atoms with Gasteiger partial charge in [0.05, 0.1) is 17.2 Å². The standard InChI is InChI=1S/C14H17NO3S2/c1-10(2)11-5-3-4-6-12(11)15-20(17,18)14-7-8-19-13(14)9-16/h3-8,10,15-16H,9H2,1-2H3. The van der Waals surface area contributed by atoms with Crippen LogP contribution in [0.3, 0.4) is 0 Å². The van der Waals surface area contributed by atoms with Crippen LogP contribution in [-0.4, -0.2) is 13.5 Å². The van der Waals surface area contributed by atoms with E-state index in [9.17, 15) is 13.5 Å². The van der Waals surface area contributed by atoms with E-state index in [0.29, 0.717) is 10.6 Å². The van der Waals surface area contributed by atoms with E-state index >= 15 is 0 Å². The zero-order valence-corrected chi connectivity index (χ0v) is 13.0. The third-order valence-electron chi connectivity index (χ3n) is 2.96. The summed E-state index contributed by atoms with van der Waals surface area (Å²) in [5.41, 5.74) is 1.52. The van der Waals surface area contributed by atoms with Gasteiger partial charge in [-0.15, -0.1) is 11.3 Å². The number of sulfonamides is 1. The molecule has 0 bridgehead atoms. The first-order valence-corrected chi connectivity index (χ1v) is 8.61. The van der Waals surface area contributed by atoms with Gasteiger partial charge in [0.15, 0.2) is 0 Å². The minimum Gasteiger partial charge on any atom is -0.391 e. The second kappa shape index (κ2) is 5.95. The molecule has 0 radical (unpaired) electrons. The zero-order chi connectivity index (χ0) is 14.8. The predicted octanol–water partition coefficient (Wildman–Crippen LogP) is 3.16. The van der Waals surface area contributed by atoms with Crippen molar-refractivity contribution in [3.8, 4) is 0 Å². The number of aliphatic hydroxyl groups is 1. The lowest BCUT2D eigenvalue weighted by molar-refractivity contribution is 0.282. The number of benzene rings is 1. The van der Waals surface area contributed by atoms with Crippen LogP contribution in [0.2, 0.25) is 0 Å². The molecule has 2 N–H and O–H groups in total. The zero-order valence-electron chi connectivity index (χ0n) is 11.3. The van der Waals surface area contributed by atoms with Crippen LogP contribution < -0.4 is 4.72 Å². The number of anilines is 1. The Balaban J connectivity index is 2.39. The van der Waals surface area contributed by atoms with Gasteiger partial charge in [0.1, 0.15) is 4.90 Å². The number of rotatable bonds is 5. The van der Waals surface area contributed by atoms with Crippen LogP contribution >= 0.6 is 11.3 Å². The Kier molecular flexibility index (Phi) is 4.47. The smallest absolute Gasteiger partial charge is 0.263 e. The van der Waals surface area contributed by atoms with Crippen molar-refractivity contribution >= 4 is 27.0 Å². The summed E-state index contributed by atoms with van der Waals surface area (Å²) in [6, 6.07) is 8.85. The van der Waals surface area contributed by atoms with Crippen molar-refractivity contribution in [2.75, 3.05) is 4.72 Å². The summed E-state index contributed by atoms with van der Waals surface area (Å²) in [5, 5.41) is 10.9. The molecule has 0 atom stereocenters. The van der Waals surface area contributed by atoms with Gasteiger partial charge in [0.25, 0.3) is 10.0 Å². The van der Waals surface area contributed by atoms with Crippen LogP contribution in [-0.2, 0) is 16.6 Å². The molecule has 1 heterocycles. The van der Waals surface area contributed by atoms with E-state index in [-0.39, 0.29) is 17.4 Å². The molecular formula is C14H17NO3S2. The molecule has 0 aliphatic rings. The summed E-state index contributed by atoms with van der Waals surface area (Å²) in [5.74, 6) is 0.216. The molecule has 0 aliphatic carbocycles. The van der Waals surface area contributed by atoms with Crippen molar-refractivity contribution in [2.45, 2.75) is 31.3 Å². The van der Waals surface area contributed by atoms with E-state index < -0.39 is 10.0 Å². The minimum absolute atomic E-state index is 0.142. The largest absolute Gasteiger partial charge is 0.391 e. The molecule has 0 saturated carbocycles. The SMILES string of the molecule is CC(C)c1ccccc1NS(=O)(=O)c1ccsc1CO. The second-order valence-electron chi connectivity index (χ2n) is 4.71. The number of hydrogen-bond donors (Lipinski definition) is 2. The maximum Gasteiger partial charge on any atom is 0.263 e. The van der Waals surface area contributed by atoms with Gasteiger partial charge in [0, 0.05) is 0 Å². The normalized spacial score (nSPS) is 11.8. The second-order valence-corrected chi connectivity index (χ2v) is 7.37. The molecule has 1 aromatic heterocycles. The lowest BCUT2D eigenvalue weighted by Crippen LogP contribution is -2.15. The maximum absolute atomic E-state index is 12.4. The average Bonchev–Trinajstić information content (AvgIpc) is 2.87. The molecule has 0 aliphatic heterocycles. The van der Waals surface area contributed by atoms with Crippen molar-refractivity contribution in [2.24, 2.45) is 0 Å². The van der Waals surface area contributed by atoms with Gasteiger partial charge >= 0.3 is 0 Å². The van der Waals surface area contributed by atoms with Crippen molar-refractivity contribution in [3.05, 3.63) is 46.2 Å². The van der Waals surface area contributed by atoms with Crippen molar-refractivity contribution in [3.63, 3.8) is 0 Å². The molecule has 0 spiro atoms. The first kappa shape index (κ1) is 15.0. The van der Waals surface area contributed by atoms with Gasteiger partial charge < -0.3 is 5.11 Å². The third-order valence-corrected chi connectivity index (χ3v) is 5.45. The molecule has 2 rings (SSSR count).